The Morgan fingerprint density at radius 2 is 1.84 bits per heavy atom. The minimum absolute atomic E-state index is 0.150. The summed E-state index contributed by atoms with van der Waals surface area (Å²) in [6.45, 7) is 0. The second-order valence-electron chi connectivity index (χ2n) is 5.68. The number of rotatable bonds is 2. The molecule has 25 heavy (non-hydrogen) atoms. The maximum Gasteiger partial charge on any atom is 0.142 e. The third-order valence-corrected chi connectivity index (χ3v) is 5.31. The molecule has 0 bridgehead atoms. The minimum atomic E-state index is -0.150. The zero-order valence-electron chi connectivity index (χ0n) is 13.6. The van der Waals surface area contributed by atoms with Crippen LogP contribution in [0, 0.1) is 0 Å². The molecule has 3 aromatic rings. The molecule has 0 spiro atoms. The molecule has 4 rings (SSSR count). The lowest BCUT2D eigenvalue weighted by molar-refractivity contribution is 0.982. The predicted octanol–water partition coefficient (Wildman–Crippen LogP) is 5.43. The number of aliphatic imine (C=N–C) groups is 2. The Bertz CT molecular complexity index is 943. The molecule has 1 atom stereocenters. The fourth-order valence-corrected chi connectivity index (χ4v) is 3.82. The zero-order valence-corrected chi connectivity index (χ0v) is 15.2. The summed E-state index contributed by atoms with van der Waals surface area (Å²) in [5, 5.41) is 6.26. The Labute approximate surface area is 155 Å². The van der Waals surface area contributed by atoms with Gasteiger partial charge >= 0.3 is 0 Å². The van der Waals surface area contributed by atoms with Gasteiger partial charge in [0.15, 0.2) is 0 Å². The number of benzodiazepines with no additional fused rings is 1. The highest BCUT2D eigenvalue weighted by molar-refractivity contribution is 7.10. The number of anilines is 1. The highest BCUT2D eigenvalue weighted by Gasteiger charge is 2.25. The summed E-state index contributed by atoms with van der Waals surface area (Å²) in [5.74, 6) is 0.846. The third-order valence-electron chi connectivity index (χ3n) is 4.13. The van der Waals surface area contributed by atoms with Crippen molar-refractivity contribution in [2.45, 2.75) is 6.04 Å². The van der Waals surface area contributed by atoms with Crippen LogP contribution in [0.25, 0.3) is 0 Å². The van der Waals surface area contributed by atoms with E-state index < -0.39 is 0 Å². The Morgan fingerprint density at radius 1 is 1.04 bits per heavy atom. The van der Waals surface area contributed by atoms with Crippen molar-refractivity contribution in [1.82, 2.24) is 0 Å². The molecule has 5 heteroatoms. The van der Waals surface area contributed by atoms with E-state index in [2.05, 4.69) is 33.9 Å². The molecule has 3 nitrogen and oxygen atoms in total. The second-order valence-corrected chi connectivity index (χ2v) is 7.10. The van der Waals surface area contributed by atoms with Crippen molar-refractivity contribution >= 4 is 40.2 Å². The number of fused-ring (bicyclic) bond motifs is 1. The van der Waals surface area contributed by atoms with Gasteiger partial charge in [0.2, 0.25) is 0 Å². The van der Waals surface area contributed by atoms with Crippen molar-refractivity contribution in [3.63, 3.8) is 0 Å². The topological polar surface area (TPSA) is 36.8 Å². The summed E-state index contributed by atoms with van der Waals surface area (Å²) < 4.78 is 0. The van der Waals surface area contributed by atoms with Gasteiger partial charge in [0, 0.05) is 33.8 Å². The van der Waals surface area contributed by atoms with E-state index in [4.69, 9.17) is 16.6 Å². The third kappa shape index (κ3) is 3.11. The van der Waals surface area contributed by atoms with Crippen molar-refractivity contribution in [3.05, 3.63) is 87.1 Å². The lowest BCUT2D eigenvalue weighted by atomic mass is 10.0. The van der Waals surface area contributed by atoms with Crippen molar-refractivity contribution in [2.24, 2.45) is 9.98 Å². The lowest BCUT2D eigenvalue weighted by Gasteiger charge is -2.13. The molecular formula is C20H16ClN3S. The molecule has 0 amide bonds. The number of para-hydroxylation sites is 1. The normalized spacial score (nSPS) is 18.2. The Balaban J connectivity index is 1.94. The van der Waals surface area contributed by atoms with E-state index in [0.29, 0.717) is 0 Å². The average Bonchev–Trinajstić information content (AvgIpc) is 3.11. The minimum Gasteiger partial charge on any atom is -0.341 e. The molecular weight excluding hydrogens is 350 g/mol. The van der Waals surface area contributed by atoms with E-state index in [1.807, 2.05) is 42.5 Å². The number of halogens is 1. The number of hydrogen-bond acceptors (Lipinski definition) is 3. The summed E-state index contributed by atoms with van der Waals surface area (Å²) >= 11 is 7.76. The molecule has 1 unspecified atom stereocenters. The van der Waals surface area contributed by atoms with Gasteiger partial charge in [-0.3, -0.25) is 9.98 Å². The molecule has 0 saturated heterocycles. The molecule has 1 aromatic heterocycles. The maximum absolute atomic E-state index is 6.07. The summed E-state index contributed by atoms with van der Waals surface area (Å²) in [5.41, 5.74) is 4.05. The van der Waals surface area contributed by atoms with Crippen LogP contribution in [0.2, 0.25) is 5.02 Å². The highest BCUT2D eigenvalue weighted by atomic mass is 35.5. The first-order valence-electron chi connectivity index (χ1n) is 7.96. The van der Waals surface area contributed by atoms with Crippen molar-refractivity contribution in [1.29, 1.82) is 0 Å². The van der Waals surface area contributed by atoms with E-state index in [1.54, 1.807) is 18.4 Å². The summed E-state index contributed by atoms with van der Waals surface area (Å²) in [6.07, 6.45) is 0. The van der Waals surface area contributed by atoms with Crippen LogP contribution in [-0.4, -0.2) is 18.6 Å². The maximum atomic E-state index is 6.07. The Hall–Kier alpha value is -2.43. The van der Waals surface area contributed by atoms with Crippen LogP contribution >= 0.6 is 22.9 Å². The average molecular weight is 366 g/mol. The van der Waals surface area contributed by atoms with Gasteiger partial charge in [0.1, 0.15) is 11.9 Å². The van der Waals surface area contributed by atoms with Gasteiger partial charge in [-0.1, -0.05) is 48.0 Å². The van der Waals surface area contributed by atoms with E-state index in [-0.39, 0.29) is 6.04 Å². The van der Waals surface area contributed by atoms with Gasteiger partial charge in [0.05, 0.1) is 5.71 Å². The van der Waals surface area contributed by atoms with Crippen LogP contribution in [0.4, 0.5) is 5.69 Å². The number of nitrogens with one attached hydrogen (secondary N) is 1. The highest BCUT2D eigenvalue weighted by Crippen LogP contribution is 2.32. The van der Waals surface area contributed by atoms with Crippen LogP contribution in [-0.2, 0) is 0 Å². The van der Waals surface area contributed by atoms with Gasteiger partial charge in [0.25, 0.3) is 0 Å². The number of benzene rings is 2. The monoisotopic (exact) mass is 365 g/mol. The molecule has 1 N–H and O–H groups in total. The van der Waals surface area contributed by atoms with E-state index in [1.165, 1.54) is 0 Å². The number of thiophene rings is 1. The molecule has 124 valence electrons. The van der Waals surface area contributed by atoms with Gasteiger partial charge in [-0.25, -0.2) is 0 Å². The quantitative estimate of drug-likeness (QED) is 0.645. The SMILES string of the molecule is CN=C1Nc2ccccc2C(c2ccc(Cl)cc2)=NC1c1cccs1. The first-order chi connectivity index (χ1) is 12.3. The summed E-state index contributed by atoms with van der Waals surface area (Å²) in [6, 6.07) is 20.0. The van der Waals surface area contributed by atoms with Crippen LogP contribution in [0.5, 0.6) is 0 Å². The number of nitrogens with zero attached hydrogens (tertiary/aromatic N) is 2. The fourth-order valence-electron chi connectivity index (χ4n) is 2.93. The standard InChI is InChI=1S/C20H16ClN3S/c1-22-20-19(17-7-4-12-25-17)24-18(13-8-10-14(21)11-9-13)15-5-2-3-6-16(15)23-20/h2-12,19H,1H3,(H,22,23). The molecule has 1 aliphatic heterocycles. The molecule has 1 aliphatic rings. The molecule has 0 radical (unpaired) electrons. The second kappa shape index (κ2) is 6.82. The first-order valence-corrected chi connectivity index (χ1v) is 9.22. The first kappa shape index (κ1) is 16.1. The van der Waals surface area contributed by atoms with E-state index in [9.17, 15) is 0 Å². The van der Waals surface area contributed by atoms with Crippen LogP contribution in [0.1, 0.15) is 22.0 Å². The van der Waals surface area contributed by atoms with Crippen molar-refractivity contribution in [3.8, 4) is 0 Å². The number of amidine groups is 1. The predicted molar refractivity (Wildman–Crippen MR) is 108 cm³/mol. The van der Waals surface area contributed by atoms with Gasteiger partial charge < -0.3 is 5.32 Å². The fraction of sp³-hybridized carbons (Fsp3) is 0.100. The van der Waals surface area contributed by atoms with Gasteiger partial charge in [-0.05, 0) is 29.6 Å². The molecule has 2 heterocycles. The van der Waals surface area contributed by atoms with Gasteiger partial charge in [-0.2, -0.15) is 0 Å². The van der Waals surface area contributed by atoms with E-state index >= 15 is 0 Å². The van der Waals surface area contributed by atoms with Crippen LogP contribution in [0.15, 0.2) is 76.0 Å². The van der Waals surface area contributed by atoms with Crippen molar-refractivity contribution in [2.75, 3.05) is 12.4 Å². The van der Waals surface area contributed by atoms with Crippen LogP contribution in [0.3, 0.4) is 0 Å². The Morgan fingerprint density at radius 3 is 2.56 bits per heavy atom. The molecule has 2 aromatic carbocycles. The Kier molecular flexibility index (Phi) is 4.38. The lowest BCUT2D eigenvalue weighted by Crippen LogP contribution is -2.18. The molecule has 0 fully saturated rings. The zero-order chi connectivity index (χ0) is 17.2. The molecule has 0 saturated carbocycles. The molecule has 0 aliphatic carbocycles. The summed E-state index contributed by atoms with van der Waals surface area (Å²) in [7, 11) is 1.80. The van der Waals surface area contributed by atoms with E-state index in [0.717, 1.165) is 38.3 Å². The van der Waals surface area contributed by atoms with Crippen LogP contribution < -0.4 is 5.32 Å². The largest absolute Gasteiger partial charge is 0.341 e. The number of hydrogen-bond donors (Lipinski definition) is 1. The summed E-state index contributed by atoms with van der Waals surface area (Å²) in [4.78, 5) is 10.7. The smallest absolute Gasteiger partial charge is 0.142 e. The van der Waals surface area contributed by atoms with Gasteiger partial charge in [-0.15, -0.1) is 11.3 Å². The van der Waals surface area contributed by atoms with Crippen molar-refractivity contribution < 1.29 is 0 Å².